The fourth-order valence-corrected chi connectivity index (χ4v) is 2.35. The van der Waals surface area contributed by atoms with Crippen LogP contribution in [0.1, 0.15) is 25.8 Å². The van der Waals surface area contributed by atoms with Crippen LogP contribution < -0.4 is 10.4 Å². The number of rotatable bonds is 1. The van der Waals surface area contributed by atoms with Gasteiger partial charge in [0.05, 0.1) is 5.39 Å². The summed E-state index contributed by atoms with van der Waals surface area (Å²) in [4.78, 5) is 11.9. The molecule has 2 heterocycles. The first-order valence-corrected chi connectivity index (χ1v) is 6.11. The van der Waals surface area contributed by atoms with Gasteiger partial charge in [-0.05, 0) is 37.1 Å². The fourth-order valence-electron chi connectivity index (χ4n) is 2.35. The van der Waals surface area contributed by atoms with Crippen molar-refractivity contribution in [3.05, 3.63) is 45.8 Å². The summed E-state index contributed by atoms with van der Waals surface area (Å²) in [7, 11) is 0. The number of hydrogen-bond acceptors (Lipinski definition) is 3. The smallest absolute Gasteiger partial charge is 0.347 e. The van der Waals surface area contributed by atoms with Crippen LogP contribution in [0.25, 0.3) is 17.0 Å². The van der Waals surface area contributed by atoms with Gasteiger partial charge in [0, 0.05) is 0 Å². The van der Waals surface area contributed by atoms with E-state index in [-0.39, 0.29) is 11.7 Å². The van der Waals surface area contributed by atoms with Crippen LogP contribution in [-0.4, -0.2) is 6.10 Å². The average molecular weight is 242 g/mol. The summed E-state index contributed by atoms with van der Waals surface area (Å²) in [5, 5.41) is 0.856. The van der Waals surface area contributed by atoms with Crippen LogP contribution in [0.2, 0.25) is 0 Å². The van der Waals surface area contributed by atoms with Gasteiger partial charge >= 0.3 is 5.63 Å². The van der Waals surface area contributed by atoms with Gasteiger partial charge in [-0.3, -0.25) is 0 Å². The molecule has 1 aliphatic heterocycles. The van der Waals surface area contributed by atoms with E-state index in [9.17, 15) is 4.79 Å². The predicted molar refractivity (Wildman–Crippen MR) is 70.8 cm³/mol. The third kappa shape index (κ3) is 1.55. The average Bonchev–Trinajstić information content (AvgIpc) is 2.39. The molecule has 92 valence electrons. The third-order valence-corrected chi connectivity index (χ3v) is 3.31. The molecule has 1 aromatic carbocycles. The van der Waals surface area contributed by atoms with Gasteiger partial charge in [0.25, 0.3) is 0 Å². The van der Waals surface area contributed by atoms with E-state index < -0.39 is 0 Å². The lowest BCUT2D eigenvalue weighted by molar-refractivity contribution is 0.230. The maximum atomic E-state index is 11.9. The molecule has 0 aliphatic carbocycles. The molecule has 1 unspecified atom stereocenters. The molecule has 0 amide bonds. The van der Waals surface area contributed by atoms with Crippen LogP contribution in [0.15, 0.2) is 39.1 Å². The number of benzene rings is 1. The zero-order chi connectivity index (χ0) is 12.7. The second-order valence-electron chi connectivity index (χ2n) is 4.53. The Morgan fingerprint density at radius 1 is 1.28 bits per heavy atom. The topological polar surface area (TPSA) is 39.4 Å². The zero-order valence-electron chi connectivity index (χ0n) is 10.4. The fraction of sp³-hybridized carbons (Fsp3) is 0.267. The van der Waals surface area contributed by atoms with Gasteiger partial charge in [0.2, 0.25) is 0 Å². The minimum atomic E-state index is -0.336. The van der Waals surface area contributed by atoms with Gasteiger partial charge < -0.3 is 9.15 Å². The number of ether oxygens (including phenoxy) is 1. The molecule has 3 heteroatoms. The molecule has 0 spiro atoms. The van der Waals surface area contributed by atoms with E-state index in [0.717, 1.165) is 17.4 Å². The zero-order valence-corrected chi connectivity index (χ0v) is 10.4. The molecule has 18 heavy (non-hydrogen) atoms. The van der Waals surface area contributed by atoms with Gasteiger partial charge in [0.1, 0.15) is 23.0 Å². The van der Waals surface area contributed by atoms with Crippen LogP contribution in [0, 0.1) is 0 Å². The van der Waals surface area contributed by atoms with E-state index in [1.165, 1.54) is 0 Å². The molecule has 0 fully saturated rings. The Labute approximate surface area is 105 Å². The quantitative estimate of drug-likeness (QED) is 0.720. The van der Waals surface area contributed by atoms with Crippen LogP contribution in [-0.2, 0) is 0 Å². The van der Waals surface area contributed by atoms with E-state index in [1.807, 2.05) is 31.2 Å². The molecule has 1 atom stereocenters. The second kappa shape index (κ2) is 4.02. The van der Waals surface area contributed by atoms with Crippen LogP contribution in [0.3, 0.4) is 0 Å². The first kappa shape index (κ1) is 11.1. The Morgan fingerprint density at radius 3 is 2.83 bits per heavy atom. The van der Waals surface area contributed by atoms with Gasteiger partial charge in [-0.1, -0.05) is 19.1 Å². The van der Waals surface area contributed by atoms with Crippen molar-refractivity contribution in [3.8, 4) is 5.75 Å². The largest absolute Gasteiger partial charge is 0.484 e. The Hall–Kier alpha value is -2.03. The van der Waals surface area contributed by atoms with Gasteiger partial charge in [-0.15, -0.1) is 0 Å². The van der Waals surface area contributed by atoms with Gasteiger partial charge in [0.15, 0.2) is 0 Å². The van der Waals surface area contributed by atoms with E-state index in [1.54, 1.807) is 6.07 Å². The molecule has 0 N–H and O–H groups in total. The molecule has 3 nitrogen and oxygen atoms in total. The Bertz CT molecular complexity index is 694. The highest BCUT2D eigenvalue weighted by Gasteiger charge is 2.23. The van der Waals surface area contributed by atoms with E-state index in [4.69, 9.17) is 9.15 Å². The van der Waals surface area contributed by atoms with Crippen molar-refractivity contribution < 1.29 is 9.15 Å². The lowest BCUT2D eigenvalue weighted by Crippen LogP contribution is -2.23. The van der Waals surface area contributed by atoms with Crippen molar-refractivity contribution in [2.45, 2.75) is 26.4 Å². The predicted octanol–water partition coefficient (Wildman–Crippen LogP) is 3.37. The van der Waals surface area contributed by atoms with Crippen molar-refractivity contribution in [2.24, 2.45) is 0 Å². The third-order valence-electron chi connectivity index (χ3n) is 3.31. The van der Waals surface area contributed by atoms with Crippen molar-refractivity contribution in [3.63, 3.8) is 0 Å². The number of para-hydroxylation sites is 1. The molecule has 0 bridgehead atoms. The molecule has 2 aromatic rings. The highest BCUT2D eigenvalue weighted by atomic mass is 16.5. The summed E-state index contributed by atoms with van der Waals surface area (Å²) >= 11 is 0. The molecule has 1 aromatic heterocycles. The Kier molecular flexibility index (Phi) is 2.47. The standard InChI is InChI=1S/C15H14O3/c1-3-12-9(2)8-11-14(17-12)10-6-4-5-7-13(10)18-15(11)16/h4-8,12H,3H2,1-2H3. The molecule has 0 radical (unpaired) electrons. The molecule has 3 rings (SSSR count). The summed E-state index contributed by atoms with van der Waals surface area (Å²) in [6.07, 6.45) is 2.81. The first-order valence-electron chi connectivity index (χ1n) is 6.11. The van der Waals surface area contributed by atoms with Crippen LogP contribution in [0.5, 0.6) is 5.75 Å². The van der Waals surface area contributed by atoms with Gasteiger partial charge in [-0.25, -0.2) is 4.79 Å². The maximum Gasteiger partial charge on any atom is 0.347 e. The summed E-state index contributed by atoms with van der Waals surface area (Å²) in [6, 6.07) is 7.46. The van der Waals surface area contributed by atoms with E-state index >= 15 is 0 Å². The van der Waals surface area contributed by atoms with E-state index in [2.05, 4.69) is 6.92 Å². The van der Waals surface area contributed by atoms with Gasteiger partial charge in [-0.2, -0.15) is 0 Å². The molecular formula is C15H14O3. The first-order chi connectivity index (χ1) is 8.70. The normalized spacial score (nSPS) is 18.1. The highest BCUT2D eigenvalue weighted by molar-refractivity contribution is 5.87. The summed E-state index contributed by atoms with van der Waals surface area (Å²) in [5.41, 5.74) is 1.82. The lowest BCUT2D eigenvalue weighted by Gasteiger charge is -2.24. The molecular weight excluding hydrogens is 228 g/mol. The Morgan fingerprint density at radius 2 is 2.06 bits per heavy atom. The lowest BCUT2D eigenvalue weighted by atomic mass is 10.0. The minimum Gasteiger partial charge on any atom is -0.484 e. The maximum absolute atomic E-state index is 11.9. The number of fused-ring (bicyclic) bond motifs is 3. The van der Waals surface area contributed by atoms with E-state index in [0.29, 0.717) is 16.9 Å². The minimum absolute atomic E-state index is 0.0442. The second-order valence-corrected chi connectivity index (χ2v) is 4.53. The van der Waals surface area contributed by atoms with Crippen molar-refractivity contribution in [1.82, 2.24) is 0 Å². The summed E-state index contributed by atoms with van der Waals surface area (Å²) < 4.78 is 11.3. The monoisotopic (exact) mass is 242 g/mol. The number of hydrogen-bond donors (Lipinski definition) is 0. The highest BCUT2D eigenvalue weighted by Crippen LogP contribution is 2.34. The van der Waals surface area contributed by atoms with Crippen LogP contribution in [0.4, 0.5) is 0 Å². The summed E-state index contributed by atoms with van der Waals surface area (Å²) in [6.45, 7) is 4.05. The van der Waals surface area contributed by atoms with Crippen molar-refractivity contribution >= 4 is 17.0 Å². The molecule has 0 saturated carbocycles. The SMILES string of the molecule is CCC1Oc2c(c(=O)oc3ccccc23)C=C1C. The summed E-state index contributed by atoms with van der Waals surface area (Å²) in [5.74, 6) is 0.652. The van der Waals surface area contributed by atoms with Crippen molar-refractivity contribution in [1.29, 1.82) is 0 Å². The Balaban J connectivity index is 2.35. The molecule has 1 aliphatic rings. The van der Waals surface area contributed by atoms with Crippen LogP contribution >= 0.6 is 0 Å². The van der Waals surface area contributed by atoms with Crippen molar-refractivity contribution in [2.75, 3.05) is 0 Å². The molecule has 0 saturated heterocycles.